The second kappa shape index (κ2) is 9.11. The van der Waals surface area contributed by atoms with E-state index in [1.807, 2.05) is 31.2 Å². The molecule has 0 saturated heterocycles. The summed E-state index contributed by atoms with van der Waals surface area (Å²) in [6, 6.07) is 12.1. The van der Waals surface area contributed by atoms with Crippen molar-refractivity contribution in [3.8, 4) is 11.5 Å². The van der Waals surface area contributed by atoms with Gasteiger partial charge in [-0.15, -0.1) is 12.4 Å². The van der Waals surface area contributed by atoms with Crippen LogP contribution in [0.5, 0.6) is 11.5 Å². The lowest BCUT2D eigenvalue weighted by Gasteiger charge is -2.31. The zero-order valence-electron chi connectivity index (χ0n) is 15.7. The standard InChI is InChI=1S/C19H24N2O5S.ClH/c1-12-7-8-14(9-19(12)27(20,23)24)15(22)10-21-13(2)18-11-25-16-5-3-4-6-17(16)26-18;/h3-9,13,15,18,21-22H,10-11H2,1-2H3,(H2,20,23,24);1H. The first-order valence-electron chi connectivity index (χ1n) is 8.69. The van der Waals surface area contributed by atoms with Crippen molar-refractivity contribution in [1.29, 1.82) is 0 Å². The van der Waals surface area contributed by atoms with Crippen molar-refractivity contribution < 1.29 is 23.0 Å². The molecule has 2 aromatic carbocycles. The molecule has 0 radical (unpaired) electrons. The van der Waals surface area contributed by atoms with Crippen molar-refractivity contribution >= 4 is 22.4 Å². The highest BCUT2D eigenvalue weighted by Crippen LogP contribution is 2.31. The molecule has 7 nitrogen and oxygen atoms in total. The van der Waals surface area contributed by atoms with Gasteiger partial charge in [-0.2, -0.15) is 0 Å². The van der Waals surface area contributed by atoms with Crippen molar-refractivity contribution in [3.63, 3.8) is 0 Å². The molecule has 4 N–H and O–H groups in total. The van der Waals surface area contributed by atoms with Crippen LogP contribution in [0.15, 0.2) is 47.4 Å². The van der Waals surface area contributed by atoms with Crippen LogP contribution in [0.1, 0.15) is 24.2 Å². The Morgan fingerprint density at radius 3 is 2.61 bits per heavy atom. The van der Waals surface area contributed by atoms with Crippen LogP contribution in [-0.4, -0.2) is 38.8 Å². The second-order valence-electron chi connectivity index (χ2n) is 6.70. The third-order valence-corrected chi connectivity index (χ3v) is 5.68. The van der Waals surface area contributed by atoms with E-state index in [0.29, 0.717) is 23.5 Å². The van der Waals surface area contributed by atoms with Crippen molar-refractivity contribution in [1.82, 2.24) is 5.32 Å². The zero-order chi connectivity index (χ0) is 19.6. The number of nitrogens with two attached hydrogens (primary N) is 1. The molecule has 28 heavy (non-hydrogen) atoms. The normalized spacial score (nSPS) is 18.1. The number of fused-ring (bicyclic) bond motifs is 1. The quantitative estimate of drug-likeness (QED) is 0.648. The first-order chi connectivity index (χ1) is 12.8. The summed E-state index contributed by atoms with van der Waals surface area (Å²) in [7, 11) is -3.83. The Morgan fingerprint density at radius 2 is 1.93 bits per heavy atom. The van der Waals surface area contributed by atoms with Gasteiger partial charge in [-0.3, -0.25) is 0 Å². The topological polar surface area (TPSA) is 111 Å². The molecule has 3 rings (SSSR count). The third-order valence-electron chi connectivity index (χ3n) is 4.62. The van der Waals surface area contributed by atoms with Crippen LogP contribution in [0.25, 0.3) is 0 Å². The minimum atomic E-state index is -3.83. The number of benzene rings is 2. The van der Waals surface area contributed by atoms with Crippen molar-refractivity contribution in [2.45, 2.75) is 37.0 Å². The lowest BCUT2D eigenvalue weighted by molar-refractivity contribution is 0.0612. The van der Waals surface area contributed by atoms with E-state index in [0.717, 1.165) is 5.75 Å². The largest absolute Gasteiger partial charge is 0.486 e. The molecule has 9 heteroatoms. The average Bonchev–Trinajstić information content (AvgIpc) is 2.64. The number of rotatable bonds is 6. The summed E-state index contributed by atoms with van der Waals surface area (Å²) in [4.78, 5) is 0.0210. The smallest absolute Gasteiger partial charge is 0.238 e. The highest BCUT2D eigenvalue weighted by Gasteiger charge is 2.26. The fraction of sp³-hybridized carbons (Fsp3) is 0.368. The van der Waals surface area contributed by atoms with Crippen LogP contribution < -0.4 is 19.9 Å². The number of nitrogens with one attached hydrogen (secondary N) is 1. The number of ether oxygens (including phenoxy) is 2. The van der Waals surface area contributed by atoms with E-state index in [-0.39, 0.29) is 36.0 Å². The van der Waals surface area contributed by atoms with E-state index in [1.165, 1.54) is 6.07 Å². The number of para-hydroxylation sites is 2. The van der Waals surface area contributed by atoms with Crippen LogP contribution in [-0.2, 0) is 10.0 Å². The summed E-state index contributed by atoms with van der Waals surface area (Å²) in [5, 5.41) is 18.9. The molecule has 154 valence electrons. The monoisotopic (exact) mass is 428 g/mol. The van der Waals surface area contributed by atoms with E-state index in [1.54, 1.807) is 19.1 Å². The second-order valence-corrected chi connectivity index (χ2v) is 8.23. The van der Waals surface area contributed by atoms with Gasteiger partial charge < -0.3 is 19.9 Å². The van der Waals surface area contributed by atoms with E-state index in [9.17, 15) is 13.5 Å². The number of primary sulfonamides is 1. The highest BCUT2D eigenvalue weighted by molar-refractivity contribution is 7.89. The van der Waals surface area contributed by atoms with Gasteiger partial charge in [-0.05, 0) is 43.2 Å². The van der Waals surface area contributed by atoms with Gasteiger partial charge in [0.25, 0.3) is 0 Å². The molecular weight excluding hydrogens is 404 g/mol. The summed E-state index contributed by atoms with van der Waals surface area (Å²) >= 11 is 0. The number of hydrogen-bond acceptors (Lipinski definition) is 6. The molecule has 0 fully saturated rings. The predicted octanol–water partition coefficient (Wildman–Crippen LogP) is 1.92. The molecule has 3 atom stereocenters. The summed E-state index contributed by atoms with van der Waals surface area (Å²) in [5.41, 5.74) is 1.02. The predicted molar refractivity (Wildman–Crippen MR) is 109 cm³/mol. The minimum Gasteiger partial charge on any atom is -0.486 e. The SMILES string of the molecule is Cc1ccc(C(O)CNC(C)C2COc3ccccc3O2)cc1S(N)(=O)=O.Cl. The maximum Gasteiger partial charge on any atom is 0.238 e. The molecule has 0 aromatic heterocycles. The van der Waals surface area contributed by atoms with Gasteiger partial charge in [-0.25, -0.2) is 13.6 Å². The summed E-state index contributed by atoms with van der Waals surface area (Å²) in [5.74, 6) is 1.41. The Labute approximate surface area is 171 Å². The van der Waals surface area contributed by atoms with E-state index >= 15 is 0 Å². The molecule has 1 aliphatic rings. The Bertz CT molecular complexity index is 922. The van der Waals surface area contributed by atoms with Crippen LogP contribution >= 0.6 is 12.4 Å². The Hall–Kier alpha value is -1.84. The maximum absolute atomic E-state index is 11.7. The van der Waals surface area contributed by atoms with Crippen molar-refractivity contribution in [3.05, 3.63) is 53.6 Å². The van der Waals surface area contributed by atoms with Crippen molar-refractivity contribution in [2.24, 2.45) is 5.14 Å². The molecule has 0 aliphatic carbocycles. The molecular formula is C19H25ClN2O5S. The van der Waals surface area contributed by atoms with Crippen LogP contribution in [0, 0.1) is 6.92 Å². The third kappa shape index (κ3) is 5.15. The molecule has 0 bridgehead atoms. The van der Waals surface area contributed by atoms with E-state index < -0.39 is 16.1 Å². The number of sulfonamides is 1. The fourth-order valence-electron chi connectivity index (χ4n) is 2.96. The average molecular weight is 429 g/mol. The molecule has 2 aromatic rings. The molecule has 3 unspecified atom stereocenters. The maximum atomic E-state index is 11.7. The van der Waals surface area contributed by atoms with Crippen molar-refractivity contribution in [2.75, 3.05) is 13.2 Å². The highest BCUT2D eigenvalue weighted by atomic mass is 35.5. The van der Waals surface area contributed by atoms with Gasteiger partial charge in [0.2, 0.25) is 10.0 Å². The molecule has 0 saturated carbocycles. The molecule has 0 spiro atoms. The first kappa shape index (κ1) is 22.4. The summed E-state index contributed by atoms with van der Waals surface area (Å²) in [6.45, 7) is 4.24. The van der Waals surface area contributed by atoms with Gasteiger partial charge in [-0.1, -0.05) is 24.3 Å². The Balaban J connectivity index is 0.00000280. The van der Waals surface area contributed by atoms with Gasteiger partial charge in [0.05, 0.1) is 11.0 Å². The minimum absolute atomic E-state index is 0. The number of halogens is 1. The van der Waals surface area contributed by atoms with Gasteiger partial charge in [0.1, 0.15) is 12.7 Å². The number of hydrogen-bond donors (Lipinski definition) is 3. The molecule has 1 aliphatic heterocycles. The summed E-state index contributed by atoms with van der Waals surface area (Å²) < 4.78 is 35.0. The van der Waals surface area contributed by atoms with Gasteiger partial charge in [0, 0.05) is 12.6 Å². The number of aliphatic hydroxyl groups is 1. The van der Waals surface area contributed by atoms with Crippen LogP contribution in [0.2, 0.25) is 0 Å². The number of aryl methyl sites for hydroxylation is 1. The van der Waals surface area contributed by atoms with E-state index in [2.05, 4.69) is 5.32 Å². The Kier molecular flexibility index (Phi) is 7.30. The molecule has 1 heterocycles. The Morgan fingerprint density at radius 1 is 1.25 bits per heavy atom. The van der Waals surface area contributed by atoms with Crippen LogP contribution in [0.4, 0.5) is 0 Å². The molecule has 0 amide bonds. The zero-order valence-corrected chi connectivity index (χ0v) is 17.3. The van der Waals surface area contributed by atoms with Crippen LogP contribution in [0.3, 0.4) is 0 Å². The van der Waals surface area contributed by atoms with Gasteiger partial charge in [0.15, 0.2) is 11.5 Å². The van der Waals surface area contributed by atoms with Gasteiger partial charge >= 0.3 is 0 Å². The lowest BCUT2D eigenvalue weighted by Crippen LogP contribution is -2.47. The summed E-state index contributed by atoms with van der Waals surface area (Å²) in [6.07, 6.45) is -1.09. The number of aliphatic hydroxyl groups excluding tert-OH is 1. The van der Waals surface area contributed by atoms with E-state index in [4.69, 9.17) is 14.6 Å². The lowest BCUT2D eigenvalue weighted by atomic mass is 10.1. The fourth-order valence-corrected chi connectivity index (χ4v) is 3.78. The first-order valence-corrected chi connectivity index (χ1v) is 10.2.